The Bertz CT molecular complexity index is 157. The summed E-state index contributed by atoms with van der Waals surface area (Å²) in [6.07, 6.45) is 5.91. The lowest BCUT2D eigenvalue weighted by Crippen LogP contribution is -2.34. The third-order valence-electron chi connectivity index (χ3n) is 2.71. The van der Waals surface area contributed by atoms with E-state index < -0.39 is 5.60 Å². The van der Waals surface area contributed by atoms with Crippen LogP contribution in [-0.2, 0) is 4.79 Å². The smallest absolute Gasteiger partial charge is 0.164 e. The third-order valence-corrected chi connectivity index (χ3v) is 2.71. The molecule has 1 fully saturated rings. The van der Waals surface area contributed by atoms with E-state index in [9.17, 15) is 9.90 Å². The second kappa shape index (κ2) is 4.04. The van der Waals surface area contributed by atoms with Crippen LogP contribution in [0.15, 0.2) is 0 Å². The van der Waals surface area contributed by atoms with Crippen molar-refractivity contribution in [2.75, 3.05) is 0 Å². The maximum Gasteiger partial charge on any atom is 0.164 e. The third kappa shape index (κ3) is 2.07. The number of Topliss-reactive ketones (excluding diaryl/α,β-unsaturated/α-hetero) is 1. The molecule has 0 aromatic carbocycles. The van der Waals surface area contributed by atoms with E-state index in [1.54, 1.807) is 0 Å². The molecule has 2 heteroatoms. The molecule has 0 amide bonds. The molecular formula is C10H18O2. The summed E-state index contributed by atoms with van der Waals surface area (Å²) < 4.78 is 0. The van der Waals surface area contributed by atoms with Crippen molar-refractivity contribution in [1.82, 2.24) is 0 Å². The van der Waals surface area contributed by atoms with Gasteiger partial charge < -0.3 is 5.11 Å². The second-order valence-corrected chi connectivity index (χ2v) is 3.77. The summed E-state index contributed by atoms with van der Waals surface area (Å²) in [5, 5.41) is 9.84. The van der Waals surface area contributed by atoms with Gasteiger partial charge in [-0.05, 0) is 32.1 Å². The van der Waals surface area contributed by atoms with Crippen molar-refractivity contribution in [2.24, 2.45) is 0 Å². The van der Waals surface area contributed by atoms with Crippen LogP contribution in [-0.4, -0.2) is 16.5 Å². The van der Waals surface area contributed by atoms with Gasteiger partial charge in [-0.2, -0.15) is 0 Å². The first kappa shape index (κ1) is 9.72. The lowest BCUT2D eigenvalue weighted by atomic mass is 9.93. The van der Waals surface area contributed by atoms with E-state index in [1.807, 2.05) is 0 Å². The Morgan fingerprint density at radius 1 is 1.42 bits per heavy atom. The molecule has 0 aliphatic heterocycles. The molecule has 0 bridgehead atoms. The number of unbranched alkanes of at least 4 members (excludes halogenated alkanes) is 1. The predicted octanol–water partition coefficient (Wildman–Crippen LogP) is 2.05. The zero-order valence-electron chi connectivity index (χ0n) is 7.81. The molecule has 0 atom stereocenters. The minimum atomic E-state index is -0.935. The highest BCUT2D eigenvalue weighted by Crippen LogP contribution is 2.31. The van der Waals surface area contributed by atoms with Crippen LogP contribution in [0, 0.1) is 0 Å². The van der Waals surface area contributed by atoms with Crippen molar-refractivity contribution in [2.45, 2.75) is 57.5 Å². The Morgan fingerprint density at radius 2 is 2.00 bits per heavy atom. The minimum Gasteiger partial charge on any atom is -0.382 e. The van der Waals surface area contributed by atoms with Gasteiger partial charge in [-0.15, -0.1) is 0 Å². The highest BCUT2D eigenvalue weighted by atomic mass is 16.3. The van der Waals surface area contributed by atoms with Crippen LogP contribution < -0.4 is 0 Å². The molecule has 0 aromatic rings. The fourth-order valence-electron chi connectivity index (χ4n) is 1.81. The first-order chi connectivity index (χ1) is 5.69. The summed E-state index contributed by atoms with van der Waals surface area (Å²) in [5.74, 6) is 0.0712. The van der Waals surface area contributed by atoms with Gasteiger partial charge in [0.2, 0.25) is 0 Å². The number of rotatable bonds is 4. The largest absolute Gasteiger partial charge is 0.382 e. The molecule has 1 rings (SSSR count). The van der Waals surface area contributed by atoms with E-state index in [0.717, 1.165) is 25.7 Å². The molecule has 0 radical (unpaired) electrons. The first-order valence-electron chi connectivity index (χ1n) is 4.95. The number of hydrogen-bond donors (Lipinski definition) is 1. The Balaban J connectivity index is 2.39. The van der Waals surface area contributed by atoms with Crippen LogP contribution in [0.4, 0.5) is 0 Å². The quantitative estimate of drug-likeness (QED) is 0.701. The van der Waals surface area contributed by atoms with Crippen LogP contribution >= 0.6 is 0 Å². The molecule has 1 N–H and O–H groups in total. The van der Waals surface area contributed by atoms with E-state index in [-0.39, 0.29) is 5.78 Å². The van der Waals surface area contributed by atoms with Crippen LogP contribution in [0.5, 0.6) is 0 Å². The van der Waals surface area contributed by atoms with Gasteiger partial charge in [0.15, 0.2) is 5.78 Å². The summed E-state index contributed by atoms with van der Waals surface area (Å²) in [6.45, 7) is 2.06. The molecule has 0 unspecified atom stereocenters. The molecule has 0 spiro atoms. The number of carbonyl (C=O) groups is 1. The average Bonchev–Trinajstić information content (AvgIpc) is 2.49. The van der Waals surface area contributed by atoms with Gasteiger partial charge >= 0.3 is 0 Å². The Kier molecular flexibility index (Phi) is 3.27. The topological polar surface area (TPSA) is 37.3 Å². The maximum absolute atomic E-state index is 11.5. The molecule has 0 aromatic heterocycles. The Labute approximate surface area is 74.0 Å². The van der Waals surface area contributed by atoms with Gasteiger partial charge in [-0.3, -0.25) is 4.79 Å². The van der Waals surface area contributed by atoms with Crippen LogP contribution in [0.1, 0.15) is 51.9 Å². The Morgan fingerprint density at radius 3 is 2.50 bits per heavy atom. The van der Waals surface area contributed by atoms with Crippen molar-refractivity contribution in [1.29, 1.82) is 0 Å². The summed E-state index contributed by atoms with van der Waals surface area (Å²) in [4.78, 5) is 11.5. The van der Waals surface area contributed by atoms with Gasteiger partial charge in [0.05, 0.1) is 0 Å². The van der Waals surface area contributed by atoms with Crippen molar-refractivity contribution in [3.8, 4) is 0 Å². The molecule has 1 saturated carbocycles. The highest BCUT2D eigenvalue weighted by Gasteiger charge is 2.37. The van der Waals surface area contributed by atoms with Crippen LogP contribution in [0.25, 0.3) is 0 Å². The summed E-state index contributed by atoms with van der Waals surface area (Å²) in [7, 11) is 0. The van der Waals surface area contributed by atoms with Crippen molar-refractivity contribution < 1.29 is 9.90 Å². The molecule has 70 valence electrons. The van der Waals surface area contributed by atoms with Crippen LogP contribution in [0.2, 0.25) is 0 Å². The molecule has 0 saturated heterocycles. The second-order valence-electron chi connectivity index (χ2n) is 3.77. The SMILES string of the molecule is CCCCC(=O)C1(O)CCCC1. The number of ketones is 1. The van der Waals surface area contributed by atoms with Crippen molar-refractivity contribution in [3.05, 3.63) is 0 Å². The van der Waals surface area contributed by atoms with Gasteiger partial charge in [-0.25, -0.2) is 0 Å². The lowest BCUT2D eigenvalue weighted by molar-refractivity contribution is -0.136. The van der Waals surface area contributed by atoms with E-state index in [2.05, 4.69) is 6.92 Å². The van der Waals surface area contributed by atoms with Crippen molar-refractivity contribution in [3.63, 3.8) is 0 Å². The zero-order valence-corrected chi connectivity index (χ0v) is 7.81. The molecule has 12 heavy (non-hydrogen) atoms. The Hall–Kier alpha value is -0.370. The van der Waals surface area contributed by atoms with E-state index in [0.29, 0.717) is 19.3 Å². The molecule has 1 aliphatic rings. The van der Waals surface area contributed by atoms with E-state index in [4.69, 9.17) is 0 Å². The summed E-state index contributed by atoms with van der Waals surface area (Å²) in [6, 6.07) is 0. The standard InChI is InChI=1S/C10H18O2/c1-2-3-6-9(11)10(12)7-4-5-8-10/h12H,2-8H2,1H3. The van der Waals surface area contributed by atoms with E-state index in [1.165, 1.54) is 0 Å². The fraction of sp³-hybridized carbons (Fsp3) is 0.900. The summed E-state index contributed by atoms with van der Waals surface area (Å²) in [5.41, 5.74) is -0.935. The molecular weight excluding hydrogens is 152 g/mol. The van der Waals surface area contributed by atoms with Crippen LogP contribution in [0.3, 0.4) is 0 Å². The predicted molar refractivity (Wildman–Crippen MR) is 47.9 cm³/mol. The fourth-order valence-corrected chi connectivity index (χ4v) is 1.81. The van der Waals surface area contributed by atoms with Crippen molar-refractivity contribution >= 4 is 5.78 Å². The zero-order chi connectivity index (χ0) is 9.03. The van der Waals surface area contributed by atoms with Gasteiger partial charge in [-0.1, -0.05) is 13.3 Å². The van der Waals surface area contributed by atoms with E-state index >= 15 is 0 Å². The minimum absolute atomic E-state index is 0.0712. The average molecular weight is 170 g/mol. The first-order valence-corrected chi connectivity index (χ1v) is 4.95. The number of hydrogen-bond acceptors (Lipinski definition) is 2. The molecule has 1 aliphatic carbocycles. The monoisotopic (exact) mass is 170 g/mol. The number of aliphatic hydroxyl groups is 1. The van der Waals surface area contributed by atoms with Gasteiger partial charge in [0, 0.05) is 6.42 Å². The van der Waals surface area contributed by atoms with Gasteiger partial charge in [0.1, 0.15) is 5.60 Å². The highest BCUT2D eigenvalue weighted by molar-refractivity contribution is 5.87. The lowest BCUT2D eigenvalue weighted by Gasteiger charge is -2.19. The molecule has 2 nitrogen and oxygen atoms in total. The van der Waals surface area contributed by atoms with Gasteiger partial charge in [0.25, 0.3) is 0 Å². The maximum atomic E-state index is 11.5. The number of carbonyl (C=O) groups excluding carboxylic acids is 1. The molecule has 0 heterocycles. The normalized spacial score (nSPS) is 21.2. The summed E-state index contributed by atoms with van der Waals surface area (Å²) >= 11 is 0.